The van der Waals surface area contributed by atoms with Crippen LogP contribution in [-0.2, 0) is 69.0 Å². The van der Waals surface area contributed by atoms with Crippen molar-refractivity contribution in [3.63, 3.8) is 0 Å². The van der Waals surface area contributed by atoms with Gasteiger partial charge in [-0.1, -0.05) is 13.3 Å². The Morgan fingerprint density at radius 1 is 0.679 bits per heavy atom. The maximum absolute atomic E-state index is 13.4. The molecule has 0 aliphatic heterocycles. The summed E-state index contributed by atoms with van der Waals surface area (Å²) in [6, 6.07) is -2.18. The fourth-order valence-corrected chi connectivity index (χ4v) is 7.69. The van der Waals surface area contributed by atoms with Gasteiger partial charge in [-0.05, 0) is 56.8 Å². The van der Waals surface area contributed by atoms with Crippen molar-refractivity contribution >= 4 is 47.8 Å². The van der Waals surface area contributed by atoms with Crippen molar-refractivity contribution in [1.29, 1.82) is 0 Å². The van der Waals surface area contributed by atoms with E-state index in [9.17, 15) is 28.9 Å². The van der Waals surface area contributed by atoms with Gasteiger partial charge in [-0.2, -0.15) is 0 Å². The summed E-state index contributed by atoms with van der Waals surface area (Å²) in [5.74, 6) is 12.2. The predicted octanol–water partition coefficient (Wildman–Crippen LogP) is -1.74. The molecule has 0 radical (unpaired) electrons. The summed E-state index contributed by atoms with van der Waals surface area (Å²) >= 11 is 5.31. The van der Waals surface area contributed by atoms with Crippen LogP contribution in [-0.4, -0.2) is 138 Å². The molecule has 0 bridgehead atoms. The quantitative estimate of drug-likeness (QED) is 0.0197. The van der Waals surface area contributed by atoms with Crippen LogP contribution in [0.2, 0.25) is 0 Å². The molecule has 3 atom stereocenters. The first kappa shape index (κ1) is 51.6. The third-order valence-electron chi connectivity index (χ3n) is 8.45. The fourth-order valence-electron chi connectivity index (χ4n) is 5.44. The average molecular weight is 845 g/mol. The van der Waals surface area contributed by atoms with Gasteiger partial charge < -0.3 is 64.7 Å². The zero-order valence-corrected chi connectivity index (χ0v) is 34.2. The molecular formula is C33H65N8O13PS. The van der Waals surface area contributed by atoms with Crippen LogP contribution < -0.4 is 44.3 Å². The minimum Gasteiger partial charge on any atom is -0.377 e. The van der Waals surface area contributed by atoms with Gasteiger partial charge in [0, 0.05) is 44.6 Å². The van der Waals surface area contributed by atoms with Gasteiger partial charge in [0.2, 0.25) is 29.5 Å². The zero-order valence-electron chi connectivity index (χ0n) is 32.5. The second-order valence-corrected chi connectivity index (χ2v) is 16.6. The van der Waals surface area contributed by atoms with Gasteiger partial charge in [0.15, 0.2) is 6.49 Å². The Morgan fingerprint density at radius 2 is 1.14 bits per heavy atom. The smallest absolute Gasteiger partial charge is 0.242 e. The minimum atomic E-state index is -2.89. The molecule has 0 aromatic heterocycles. The summed E-state index contributed by atoms with van der Waals surface area (Å²) in [4.78, 5) is 89.3. The van der Waals surface area contributed by atoms with Crippen LogP contribution in [0.25, 0.3) is 0 Å². The number of amides is 5. The van der Waals surface area contributed by atoms with Crippen molar-refractivity contribution in [2.45, 2.75) is 89.3 Å². The molecule has 23 heteroatoms. The molecule has 1 aliphatic carbocycles. The van der Waals surface area contributed by atoms with E-state index < -0.39 is 42.2 Å². The summed E-state index contributed by atoms with van der Waals surface area (Å²) in [6.07, 6.45) is 3.43. The molecule has 5 amide bonds. The van der Waals surface area contributed by atoms with E-state index in [1.807, 2.05) is 6.92 Å². The Kier molecular flexibility index (Phi) is 29.9. The van der Waals surface area contributed by atoms with Crippen molar-refractivity contribution in [2.24, 2.45) is 23.6 Å². The molecule has 326 valence electrons. The highest BCUT2D eigenvalue weighted by Gasteiger charge is 2.32. The lowest BCUT2D eigenvalue weighted by Gasteiger charge is -2.31. The van der Waals surface area contributed by atoms with Gasteiger partial charge in [0.05, 0.1) is 65.6 Å². The molecule has 12 N–H and O–H groups in total. The van der Waals surface area contributed by atoms with E-state index in [4.69, 9.17) is 48.2 Å². The number of hydrogen-bond acceptors (Lipinski definition) is 16. The molecule has 3 unspecified atom stereocenters. The largest absolute Gasteiger partial charge is 0.377 e. The number of hydrogen-bond donors (Lipinski definition) is 9. The second-order valence-electron chi connectivity index (χ2n) is 12.9. The lowest BCUT2D eigenvalue weighted by molar-refractivity contribution is -0.133. The van der Waals surface area contributed by atoms with Crippen LogP contribution in [0.15, 0.2) is 0 Å². The van der Waals surface area contributed by atoms with Crippen molar-refractivity contribution in [2.75, 3.05) is 85.3 Å². The number of carbonyl (C=O) groups is 5. The monoisotopic (exact) mass is 844 g/mol. The van der Waals surface area contributed by atoms with Crippen molar-refractivity contribution in [3.05, 3.63) is 0 Å². The van der Waals surface area contributed by atoms with E-state index in [1.54, 1.807) is 0 Å². The maximum Gasteiger partial charge on any atom is 0.242 e. The van der Waals surface area contributed by atoms with Gasteiger partial charge >= 0.3 is 0 Å². The predicted molar refractivity (Wildman–Crippen MR) is 207 cm³/mol. The second kappa shape index (κ2) is 32.5. The van der Waals surface area contributed by atoms with Gasteiger partial charge in [0.1, 0.15) is 12.1 Å². The summed E-state index contributed by atoms with van der Waals surface area (Å²) < 4.78 is 21.8. The number of nitrogens with one attached hydrogen (secondary N) is 5. The van der Waals surface area contributed by atoms with Crippen LogP contribution >= 0.6 is 6.49 Å². The molecule has 0 saturated heterocycles. The summed E-state index contributed by atoms with van der Waals surface area (Å²) in [6.45, 7) is 1.33. The molecule has 0 spiro atoms. The normalized spacial score (nSPS) is 17.6. The van der Waals surface area contributed by atoms with E-state index in [-0.39, 0.29) is 123 Å². The Morgan fingerprint density at radius 3 is 1.62 bits per heavy atom. The SMILES string of the molecule is CCCCP(O)(=S)OC1CCC(C(=O)NC(CCC(=O)NC(CCC(=O)NCCOCCON)C(=O)NCCOCCON)C(=O)NCCOCCON)CC1. The molecule has 0 aromatic rings. The summed E-state index contributed by atoms with van der Waals surface area (Å²) in [5, 5.41) is 13.5. The van der Waals surface area contributed by atoms with Gasteiger partial charge in [-0.15, -0.1) is 0 Å². The van der Waals surface area contributed by atoms with Gasteiger partial charge in [-0.25, -0.2) is 17.7 Å². The molecule has 1 rings (SSSR count). The molecule has 1 fully saturated rings. The van der Waals surface area contributed by atoms with E-state index in [0.717, 1.165) is 12.8 Å². The molecule has 1 saturated carbocycles. The Balaban J connectivity index is 2.87. The van der Waals surface area contributed by atoms with Gasteiger partial charge in [0.25, 0.3) is 0 Å². The fraction of sp³-hybridized carbons (Fsp3) is 0.848. The highest BCUT2D eigenvalue weighted by Crippen LogP contribution is 2.47. The first-order valence-corrected chi connectivity index (χ1v) is 21.9. The third-order valence-corrected chi connectivity index (χ3v) is 10.8. The number of carbonyl (C=O) groups excluding carboxylic acids is 5. The van der Waals surface area contributed by atoms with Crippen LogP contribution in [0.5, 0.6) is 0 Å². The lowest BCUT2D eigenvalue weighted by atomic mass is 9.86. The van der Waals surface area contributed by atoms with Gasteiger partial charge in [-0.3, -0.25) is 24.0 Å². The maximum atomic E-state index is 13.4. The molecule has 0 heterocycles. The highest BCUT2D eigenvalue weighted by atomic mass is 32.5. The minimum absolute atomic E-state index is 0.0289. The summed E-state index contributed by atoms with van der Waals surface area (Å²) in [7, 11) is 0. The molecule has 1 aliphatic rings. The average Bonchev–Trinajstić information content (AvgIpc) is 3.18. The number of nitrogens with two attached hydrogens (primary N) is 3. The van der Waals surface area contributed by atoms with E-state index in [1.165, 1.54) is 0 Å². The standard InChI is InChI=1S/C33H65N8O13PS/c1-2-3-24-55(47,56)54-26-6-4-25(5-7-26)31(44)41-28(33(46)39-14-17-50-20-23-53-36)9-11-30(43)40-27(32(45)38-13-16-49-19-22-52-35)8-10-29(42)37-12-15-48-18-21-51-34/h25-28H,2-24,34-36H2,1H3,(H,37,42)(H,38,45)(H,39,46)(H,40,43)(H,41,44)(H,47,56). The zero-order chi connectivity index (χ0) is 41.4. The first-order chi connectivity index (χ1) is 27.0. The number of rotatable bonds is 34. The molecular weight excluding hydrogens is 779 g/mol. The van der Waals surface area contributed by atoms with Crippen LogP contribution in [0.1, 0.15) is 71.1 Å². The molecule has 21 nitrogen and oxygen atoms in total. The van der Waals surface area contributed by atoms with Crippen molar-refractivity contribution in [3.8, 4) is 0 Å². The van der Waals surface area contributed by atoms with Crippen LogP contribution in [0, 0.1) is 5.92 Å². The number of ether oxygens (including phenoxy) is 3. The molecule has 56 heavy (non-hydrogen) atoms. The Bertz CT molecular complexity index is 1170. The van der Waals surface area contributed by atoms with Crippen molar-refractivity contribution < 1.29 is 62.1 Å². The lowest BCUT2D eigenvalue weighted by Crippen LogP contribution is -2.51. The highest BCUT2D eigenvalue weighted by molar-refractivity contribution is 8.09. The van der Waals surface area contributed by atoms with Crippen LogP contribution in [0.4, 0.5) is 0 Å². The Hall–Kier alpha value is -2.44. The number of unbranched alkanes of at least 4 members (excludes halogenated alkanes) is 1. The van der Waals surface area contributed by atoms with Crippen LogP contribution in [0.3, 0.4) is 0 Å². The molecule has 0 aromatic carbocycles. The topological polar surface area (TPSA) is 308 Å². The van der Waals surface area contributed by atoms with E-state index >= 15 is 0 Å². The van der Waals surface area contributed by atoms with E-state index in [2.05, 4.69) is 41.1 Å². The van der Waals surface area contributed by atoms with E-state index in [0.29, 0.717) is 31.8 Å². The Labute approximate surface area is 334 Å². The summed E-state index contributed by atoms with van der Waals surface area (Å²) in [5.41, 5.74) is 0. The van der Waals surface area contributed by atoms with Crippen molar-refractivity contribution in [1.82, 2.24) is 26.6 Å². The first-order valence-electron chi connectivity index (χ1n) is 19.1. The third kappa shape index (κ3) is 25.7.